The van der Waals surface area contributed by atoms with Crippen LogP contribution in [-0.2, 0) is 16.5 Å². The highest BCUT2D eigenvalue weighted by atomic mass is 32.2. The summed E-state index contributed by atoms with van der Waals surface area (Å²) in [6.07, 6.45) is 9.66. The van der Waals surface area contributed by atoms with E-state index in [1.807, 2.05) is 24.3 Å². The highest BCUT2D eigenvalue weighted by Crippen LogP contribution is 2.17. The van der Waals surface area contributed by atoms with Gasteiger partial charge in [-0.05, 0) is 30.5 Å². The van der Waals surface area contributed by atoms with Gasteiger partial charge in [0.05, 0.1) is 20.6 Å². The maximum atomic E-state index is 12.3. The van der Waals surface area contributed by atoms with Crippen LogP contribution in [0.1, 0.15) is 81.1 Å². The summed E-state index contributed by atoms with van der Waals surface area (Å²) < 4.78 is 32.7. The summed E-state index contributed by atoms with van der Waals surface area (Å²) in [5.74, 6) is -0.117. The topological polar surface area (TPSA) is 83.5 Å². The zero-order valence-electron chi connectivity index (χ0n) is 19.2. The van der Waals surface area contributed by atoms with Gasteiger partial charge in [-0.2, -0.15) is 8.42 Å². The Morgan fingerprint density at radius 1 is 1.00 bits per heavy atom. The van der Waals surface area contributed by atoms with Crippen molar-refractivity contribution in [3.8, 4) is 0 Å². The lowest BCUT2D eigenvalue weighted by Crippen LogP contribution is -2.53. The molecule has 1 rings (SSSR count). The lowest BCUT2D eigenvalue weighted by atomic mass is 10.0. The van der Waals surface area contributed by atoms with E-state index in [1.165, 1.54) is 44.1 Å². The number of unbranched alkanes of at least 4 members (excludes halogenated alkanes) is 5. The monoisotopic (exact) mass is 441 g/mol. The standard InChI is InChI=1S/C23H40N2O4S/c1-5-7-8-9-10-11-13-20-14-16-21(17-15-20)23(26)24-18-12-19-25(3,4)22(6-2)30(27,28)29/h14-17,22H,5-13,18-19H2,1-4H3,(H-,24,26,27,28,29)/p+1. The average molecular weight is 442 g/mol. The Morgan fingerprint density at radius 2 is 1.60 bits per heavy atom. The number of hydrogen-bond donors (Lipinski definition) is 2. The quantitative estimate of drug-likeness (QED) is 0.240. The van der Waals surface area contributed by atoms with E-state index in [9.17, 15) is 17.8 Å². The van der Waals surface area contributed by atoms with Crippen molar-refractivity contribution in [2.45, 2.75) is 77.0 Å². The normalized spacial score (nSPS) is 13.2. The molecule has 0 aromatic heterocycles. The number of hydrogen-bond acceptors (Lipinski definition) is 3. The van der Waals surface area contributed by atoms with Gasteiger partial charge >= 0.3 is 10.1 Å². The van der Waals surface area contributed by atoms with Crippen molar-refractivity contribution in [1.82, 2.24) is 5.32 Å². The molecule has 0 saturated heterocycles. The van der Waals surface area contributed by atoms with E-state index in [0.717, 1.165) is 6.42 Å². The third-order valence-corrected chi connectivity index (χ3v) is 7.30. The largest absolute Gasteiger partial charge is 0.352 e. The molecular formula is C23H41N2O4S+. The molecule has 1 aromatic rings. The summed E-state index contributed by atoms with van der Waals surface area (Å²) in [7, 11) is -0.533. The molecular weight excluding hydrogens is 400 g/mol. The second kappa shape index (κ2) is 13.1. The van der Waals surface area contributed by atoms with Crippen LogP contribution in [0.25, 0.3) is 0 Å². The van der Waals surface area contributed by atoms with Gasteiger partial charge in [0, 0.05) is 24.9 Å². The summed E-state index contributed by atoms with van der Waals surface area (Å²) in [6.45, 7) is 4.97. The number of nitrogens with one attached hydrogen (secondary N) is 1. The molecule has 1 amide bonds. The fourth-order valence-corrected chi connectivity index (χ4v) is 5.18. The summed E-state index contributed by atoms with van der Waals surface area (Å²) in [6, 6.07) is 7.79. The van der Waals surface area contributed by atoms with Crippen molar-refractivity contribution in [3.63, 3.8) is 0 Å². The number of benzene rings is 1. The van der Waals surface area contributed by atoms with Crippen molar-refractivity contribution in [1.29, 1.82) is 0 Å². The first-order valence-electron chi connectivity index (χ1n) is 11.3. The number of rotatable bonds is 15. The molecule has 2 N–H and O–H groups in total. The van der Waals surface area contributed by atoms with Crippen LogP contribution in [-0.4, -0.2) is 55.9 Å². The molecule has 0 radical (unpaired) electrons. The molecule has 1 atom stereocenters. The molecule has 0 saturated carbocycles. The molecule has 0 heterocycles. The maximum absolute atomic E-state index is 12.3. The average Bonchev–Trinajstić information content (AvgIpc) is 2.67. The highest BCUT2D eigenvalue weighted by molar-refractivity contribution is 7.86. The fraction of sp³-hybridized carbons (Fsp3) is 0.696. The van der Waals surface area contributed by atoms with Crippen LogP contribution in [0, 0.1) is 0 Å². The van der Waals surface area contributed by atoms with Gasteiger partial charge in [0.1, 0.15) is 0 Å². The molecule has 0 aliphatic rings. The van der Waals surface area contributed by atoms with Crippen LogP contribution in [0.3, 0.4) is 0 Å². The second-order valence-corrected chi connectivity index (χ2v) is 10.3. The smallest absolute Gasteiger partial charge is 0.319 e. The number of quaternary nitrogens is 1. The minimum atomic E-state index is -4.10. The third-order valence-electron chi connectivity index (χ3n) is 5.70. The molecule has 0 bridgehead atoms. The first-order valence-corrected chi connectivity index (χ1v) is 12.8. The molecule has 7 heteroatoms. The van der Waals surface area contributed by atoms with E-state index >= 15 is 0 Å². The van der Waals surface area contributed by atoms with Gasteiger partial charge in [-0.25, -0.2) is 0 Å². The Hall–Kier alpha value is -1.44. The van der Waals surface area contributed by atoms with Crippen LogP contribution in [0.2, 0.25) is 0 Å². The van der Waals surface area contributed by atoms with E-state index in [1.54, 1.807) is 21.0 Å². The molecule has 30 heavy (non-hydrogen) atoms. The van der Waals surface area contributed by atoms with E-state index in [-0.39, 0.29) is 10.4 Å². The summed E-state index contributed by atoms with van der Waals surface area (Å²) >= 11 is 0. The number of carbonyl (C=O) groups is 1. The predicted octanol–water partition coefficient (Wildman–Crippen LogP) is 4.41. The van der Waals surface area contributed by atoms with Gasteiger partial charge in [0.25, 0.3) is 5.91 Å². The van der Waals surface area contributed by atoms with E-state index < -0.39 is 15.5 Å². The highest BCUT2D eigenvalue weighted by Gasteiger charge is 2.36. The Morgan fingerprint density at radius 3 is 2.17 bits per heavy atom. The Balaban J connectivity index is 2.38. The van der Waals surface area contributed by atoms with Crippen molar-refractivity contribution in [2.24, 2.45) is 0 Å². The van der Waals surface area contributed by atoms with Gasteiger partial charge in [0.15, 0.2) is 0 Å². The minimum Gasteiger partial charge on any atom is -0.352 e. The van der Waals surface area contributed by atoms with Crippen LogP contribution < -0.4 is 5.32 Å². The van der Waals surface area contributed by atoms with E-state index in [0.29, 0.717) is 31.5 Å². The Kier molecular flexibility index (Phi) is 11.6. The van der Waals surface area contributed by atoms with Gasteiger partial charge < -0.3 is 9.80 Å². The van der Waals surface area contributed by atoms with Gasteiger partial charge in [-0.15, -0.1) is 0 Å². The predicted molar refractivity (Wildman–Crippen MR) is 123 cm³/mol. The van der Waals surface area contributed by atoms with Crippen molar-refractivity contribution >= 4 is 16.0 Å². The van der Waals surface area contributed by atoms with Gasteiger partial charge in [-0.1, -0.05) is 58.1 Å². The second-order valence-electron chi connectivity index (χ2n) is 8.70. The first kappa shape index (κ1) is 26.6. The number of carbonyl (C=O) groups excluding carboxylic acids is 1. The molecule has 0 spiro atoms. The Labute approximate surface area is 183 Å². The van der Waals surface area contributed by atoms with Crippen molar-refractivity contribution < 1.29 is 22.2 Å². The zero-order chi connectivity index (χ0) is 22.6. The lowest BCUT2D eigenvalue weighted by molar-refractivity contribution is -0.901. The van der Waals surface area contributed by atoms with Crippen LogP contribution >= 0.6 is 0 Å². The third kappa shape index (κ3) is 9.58. The first-order chi connectivity index (χ1) is 14.1. The maximum Gasteiger partial charge on any atom is 0.319 e. The SMILES string of the molecule is CCCCCCCCc1ccc(C(=O)NCCC[N+](C)(C)C(CC)S(=O)(=O)O)cc1. The molecule has 0 aliphatic carbocycles. The molecule has 6 nitrogen and oxygen atoms in total. The van der Waals surface area contributed by atoms with E-state index in [4.69, 9.17) is 0 Å². The van der Waals surface area contributed by atoms with Crippen molar-refractivity contribution in [3.05, 3.63) is 35.4 Å². The molecule has 1 unspecified atom stereocenters. The summed E-state index contributed by atoms with van der Waals surface area (Å²) in [5, 5.41) is 2.04. The van der Waals surface area contributed by atoms with Crippen LogP contribution in [0.4, 0.5) is 0 Å². The Bertz CT molecular complexity index is 730. The molecule has 1 aromatic carbocycles. The van der Waals surface area contributed by atoms with E-state index in [2.05, 4.69) is 12.2 Å². The van der Waals surface area contributed by atoms with Gasteiger partial charge in [0.2, 0.25) is 5.37 Å². The lowest BCUT2D eigenvalue weighted by Gasteiger charge is -2.35. The number of aryl methyl sites for hydroxylation is 1. The van der Waals surface area contributed by atoms with Crippen molar-refractivity contribution in [2.75, 3.05) is 27.2 Å². The molecule has 0 aliphatic heterocycles. The molecule has 172 valence electrons. The number of amides is 1. The van der Waals surface area contributed by atoms with Crippen LogP contribution in [0.15, 0.2) is 24.3 Å². The zero-order valence-corrected chi connectivity index (χ0v) is 20.0. The summed E-state index contributed by atoms with van der Waals surface area (Å²) in [5.41, 5.74) is 1.90. The summed E-state index contributed by atoms with van der Waals surface area (Å²) in [4.78, 5) is 12.3. The molecule has 0 fully saturated rings. The minimum absolute atomic E-state index is 0.117. The van der Waals surface area contributed by atoms with Crippen LogP contribution in [0.5, 0.6) is 0 Å². The van der Waals surface area contributed by atoms with Gasteiger partial charge in [-0.3, -0.25) is 9.35 Å². The fourth-order valence-electron chi connectivity index (χ4n) is 3.93. The number of nitrogens with zero attached hydrogens (tertiary/aromatic N) is 1.